The predicted octanol–water partition coefficient (Wildman–Crippen LogP) is 4.92. The molecule has 1 N–H and O–H groups in total. The van der Waals surface area contributed by atoms with Crippen LogP contribution >= 0.6 is 0 Å². The number of amides is 1. The van der Waals surface area contributed by atoms with E-state index in [9.17, 15) is 13.2 Å². The molecule has 2 heterocycles. The zero-order chi connectivity index (χ0) is 22.3. The number of carbonyl (C=O) groups excluding carboxylic acids is 1. The number of benzene rings is 3. The van der Waals surface area contributed by atoms with Gasteiger partial charge in [0.2, 0.25) is 0 Å². The van der Waals surface area contributed by atoms with Crippen LogP contribution in [0, 0.1) is 0 Å². The van der Waals surface area contributed by atoms with Gasteiger partial charge in [-0.2, -0.15) is 0 Å². The minimum Gasteiger partial charge on any atom is -0.451 e. The third-order valence-electron chi connectivity index (χ3n) is 5.64. The molecule has 0 aliphatic carbocycles. The van der Waals surface area contributed by atoms with Crippen LogP contribution < -0.4 is 10.2 Å². The van der Waals surface area contributed by atoms with E-state index in [1.165, 1.54) is 5.56 Å². The Morgan fingerprint density at radius 3 is 2.47 bits per heavy atom. The quantitative estimate of drug-likeness (QED) is 0.471. The summed E-state index contributed by atoms with van der Waals surface area (Å²) >= 11 is 0. The normalized spacial score (nSPS) is 13.3. The van der Waals surface area contributed by atoms with Gasteiger partial charge in [-0.3, -0.25) is 4.79 Å². The van der Waals surface area contributed by atoms with E-state index in [1.54, 1.807) is 24.3 Å². The van der Waals surface area contributed by atoms with Crippen LogP contribution in [-0.4, -0.2) is 27.1 Å². The van der Waals surface area contributed by atoms with Gasteiger partial charge in [0.25, 0.3) is 5.91 Å². The Kier molecular flexibility index (Phi) is 4.98. The van der Waals surface area contributed by atoms with Gasteiger partial charge in [0, 0.05) is 29.4 Å². The Bertz CT molecular complexity index is 1440. The number of furan rings is 1. The second-order valence-corrected chi connectivity index (χ2v) is 10.1. The molecule has 7 heteroatoms. The largest absolute Gasteiger partial charge is 0.451 e. The molecule has 0 spiro atoms. The van der Waals surface area contributed by atoms with Crippen molar-refractivity contribution >= 4 is 43.8 Å². The van der Waals surface area contributed by atoms with E-state index in [1.807, 2.05) is 36.4 Å². The van der Waals surface area contributed by atoms with Gasteiger partial charge >= 0.3 is 0 Å². The number of anilines is 3. The van der Waals surface area contributed by atoms with Crippen LogP contribution in [-0.2, 0) is 22.0 Å². The molecule has 0 fully saturated rings. The molecule has 0 radical (unpaired) electrons. The number of sulfone groups is 1. The molecule has 3 aromatic carbocycles. The van der Waals surface area contributed by atoms with Gasteiger partial charge in [-0.15, -0.1) is 0 Å². The highest BCUT2D eigenvalue weighted by molar-refractivity contribution is 7.89. The molecular formula is C25H22N2O4S. The number of nitrogens with zero attached hydrogens (tertiary/aromatic N) is 1. The van der Waals surface area contributed by atoms with Crippen molar-refractivity contribution in [3.8, 4) is 0 Å². The Morgan fingerprint density at radius 1 is 0.969 bits per heavy atom. The van der Waals surface area contributed by atoms with Gasteiger partial charge in [0.15, 0.2) is 15.6 Å². The number of rotatable bonds is 5. The molecule has 1 aliphatic heterocycles. The molecule has 0 unspecified atom stereocenters. The fraction of sp³-hybridized carbons (Fsp3) is 0.160. The molecule has 0 saturated carbocycles. The summed E-state index contributed by atoms with van der Waals surface area (Å²) in [7, 11) is -3.37. The van der Waals surface area contributed by atoms with Gasteiger partial charge in [-0.25, -0.2) is 8.42 Å². The van der Waals surface area contributed by atoms with Crippen LogP contribution in [0.3, 0.4) is 0 Å². The van der Waals surface area contributed by atoms with Crippen molar-refractivity contribution in [1.82, 2.24) is 0 Å². The van der Waals surface area contributed by atoms with Crippen LogP contribution in [0.15, 0.2) is 77.2 Å². The molecular weight excluding hydrogens is 424 g/mol. The fourth-order valence-electron chi connectivity index (χ4n) is 4.27. The fourth-order valence-corrected chi connectivity index (χ4v) is 5.08. The van der Waals surface area contributed by atoms with E-state index in [2.05, 4.69) is 22.3 Å². The Hall–Kier alpha value is -3.58. The average molecular weight is 447 g/mol. The molecule has 4 aromatic rings. The van der Waals surface area contributed by atoms with Gasteiger partial charge in [0.1, 0.15) is 5.58 Å². The first kappa shape index (κ1) is 20.3. The maximum atomic E-state index is 13.3. The Morgan fingerprint density at radius 2 is 1.66 bits per heavy atom. The number of hydrogen-bond acceptors (Lipinski definition) is 5. The lowest BCUT2D eigenvalue weighted by atomic mass is 10.1. The summed E-state index contributed by atoms with van der Waals surface area (Å²) in [5.74, 6) is -0.721. The standard InChI is InChI=1S/C25H22N2O4S/c1-32(29,30)16-19-18-9-3-7-13-23(18)31-24(19)25(28)26-20-10-4-6-12-22(20)27-15-14-17-8-2-5-11-21(17)27/h2-13H,14-16H2,1H3,(H,26,28). The van der Waals surface area contributed by atoms with E-state index in [4.69, 9.17) is 4.42 Å². The first-order valence-electron chi connectivity index (χ1n) is 10.3. The summed E-state index contributed by atoms with van der Waals surface area (Å²) < 4.78 is 29.9. The van der Waals surface area contributed by atoms with Crippen LogP contribution in [0.2, 0.25) is 0 Å². The summed E-state index contributed by atoms with van der Waals surface area (Å²) in [4.78, 5) is 15.5. The third-order valence-corrected chi connectivity index (χ3v) is 6.45. The highest BCUT2D eigenvalue weighted by Crippen LogP contribution is 2.38. The maximum Gasteiger partial charge on any atom is 0.291 e. The van der Waals surface area contributed by atoms with E-state index >= 15 is 0 Å². The van der Waals surface area contributed by atoms with Crippen LogP contribution in [0.25, 0.3) is 11.0 Å². The molecule has 0 saturated heterocycles. The zero-order valence-corrected chi connectivity index (χ0v) is 18.4. The molecule has 1 aliphatic rings. The number of fused-ring (bicyclic) bond motifs is 2. The SMILES string of the molecule is CS(=O)(=O)Cc1c(C(=O)Nc2ccccc2N2CCc3ccccc32)oc2ccccc12. The Balaban J connectivity index is 1.53. The van der Waals surface area contributed by atoms with Crippen molar-refractivity contribution in [2.45, 2.75) is 12.2 Å². The zero-order valence-electron chi connectivity index (χ0n) is 17.5. The average Bonchev–Trinajstić information content (AvgIpc) is 3.35. The minimum absolute atomic E-state index is 0.0215. The second-order valence-electron chi connectivity index (χ2n) is 7.98. The predicted molar refractivity (Wildman–Crippen MR) is 126 cm³/mol. The molecule has 1 aromatic heterocycles. The minimum atomic E-state index is -3.37. The summed E-state index contributed by atoms with van der Waals surface area (Å²) in [5.41, 5.74) is 4.77. The van der Waals surface area contributed by atoms with Crippen molar-refractivity contribution in [3.63, 3.8) is 0 Å². The van der Waals surface area contributed by atoms with Crippen molar-refractivity contribution in [1.29, 1.82) is 0 Å². The molecule has 5 rings (SSSR count). The van der Waals surface area contributed by atoms with Crippen molar-refractivity contribution in [2.75, 3.05) is 23.0 Å². The van der Waals surface area contributed by atoms with Crippen LogP contribution in [0.1, 0.15) is 21.7 Å². The summed E-state index contributed by atoms with van der Waals surface area (Å²) in [6, 6.07) is 22.9. The lowest BCUT2D eigenvalue weighted by Gasteiger charge is -2.23. The van der Waals surface area contributed by atoms with Crippen molar-refractivity contribution in [2.24, 2.45) is 0 Å². The maximum absolute atomic E-state index is 13.3. The first-order valence-corrected chi connectivity index (χ1v) is 12.4. The number of hydrogen-bond donors (Lipinski definition) is 1. The summed E-state index contributed by atoms with van der Waals surface area (Å²) in [6.07, 6.45) is 2.08. The van der Waals surface area contributed by atoms with E-state index in [0.29, 0.717) is 22.2 Å². The van der Waals surface area contributed by atoms with E-state index in [-0.39, 0.29) is 11.5 Å². The Labute approximate surface area is 186 Å². The van der Waals surface area contributed by atoms with Gasteiger partial charge in [0.05, 0.1) is 17.1 Å². The van der Waals surface area contributed by atoms with E-state index in [0.717, 1.165) is 30.6 Å². The molecule has 1 amide bonds. The van der Waals surface area contributed by atoms with Crippen LogP contribution in [0.5, 0.6) is 0 Å². The number of nitrogens with one attached hydrogen (secondary N) is 1. The highest BCUT2D eigenvalue weighted by atomic mass is 32.2. The highest BCUT2D eigenvalue weighted by Gasteiger charge is 2.26. The smallest absolute Gasteiger partial charge is 0.291 e. The van der Waals surface area contributed by atoms with Gasteiger partial charge in [-0.05, 0) is 36.2 Å². The molecule has 162 valence electrons. The summed E-state index contributed by atoms with van der Waals surface area (Å²) in [6.45, 7) is 0.816. The second kappa shape index (κ2) is 7.84. The first-order chi connectivity index (χ1) is 15.4. The van der Waals surface area contributed by atoms with E-state index < -0.39 is 15.7 Å². The number of para-hydroxylation sites is 4. The van der Waals surface area contributed by atoms with Crippen molar-refractivity contribution < 1.29 is 17.6 Å². The number of carbonyl (C=O) groups is 1. The molecule has 0 bridgehead atoms. The lowest BCUT2D eigenvalue weighted by molar-refractivity contribution is 0.0998. The summed E-state index contributed by atoms with van der Waals surface area (Å²) in [5, 5.41) is 3.58. The topological polar surface area (TPSA) is 79.6 Å². The molecule has 0 atom stereocenters. The lowest BCUT2D eigenvalue weighted by Crippen LogP contribution is -2.19. The molecule has 6 nitrogen and oxygen atoms in total. The van der Waals surface area contributed by atoms with Gasteiger partial charge < -0.3 is 14.6 Å². The monoisotopic (exact) mass is 446 g/mol. The van der Waals surface area contributed by atoms with Crippen LogP contribution in [0.4, 0.5) is 17.1 Å². The van der Waals surface area contributed by atoms with Gasteiger partial charge in [-0.1, -0.05) is 48.5 Å². The molecule has 32 heavy (non-hydrogen) atoms. The van der Waals surface area contributed by atoms with Crippen molar-refractivity contribution in [3.05, 3.63) is 89.7 Å². The third kappa shape index (κ3) is 3.76.